The van der Waals surface area contributed by atoms with Crippen LogP contribution in [-0.4, -0.2) is 34.1 Å². The largest absolute Gasteiger partial charge is 0.392 e. The summed E-state index contributed by atoms with van der Waals surface area (Å²) >= 11 is 0. The monoisotopic (exact) mass is 357 g/mol. The van der Waals surface area contributed by atoms with E-state index in [1.807, 2.05) is 29.2 Å². The Bertz CT molecular complexity index is 739. The van der Waals surface area contributed by atoms with Gasteiger partial charge in [-0.2, -0.15) is 0 Å². The number of rotatable bonds is 5. The molecule has 0 aliphatic carbocycles. The van der Waals surface area contributed by atoms with Crippen LogP contribution in [0.2, 0.25) is 0 Å². The second-order valence-corrected chi connectivity index (χ2v) is 6.82. The van der Waals surface area contributed by atoms with Crippen LogP contribution in [0.5, 0.6) is 0 Å². The summed E-state index contributed by atoms with van der Waals surface area (Å²) in [4.78, 5) is 14.4. The van der Waals surface area contributed by atoms with E-state index in [0.717, 1.165) is 11.1 Å². The first-order valence-corrected chi connectivity index (χ1v) is 8.97. The molecule has 2 aromatic rings. The first kappa shape index (κ1) is 18.5. The third-order valence-corrected chi connectivity index (χ3v) is 5.18. The number of likely N-dealkylation sites (tertiary alicyclic amines) is 1. The van der Waals surface area contributed by atoms with E-state index in [1.54, 1.807) is 12.1 Å². The Morgan fingerprint density at radius 1 is 1.08 bits per heavy atom. The lowest BCUT2D eigenvalue weighted by Crippen LogP contribution is -2.40. The molecular formula is C21H24FNO3. The van der Waals surface area contributed by atoms with Crippen molar-refractivity contribution in [3.05, 3.63) is 71.0 Å². The van der Waals surface area contributed by atoms with E-state index >= 15 is 0 Å². The van der Waals surface area contributed by atoms with Gasteiger partial charge in [-0.05, 0) is 47.6 Å². The number of aliphatic hydroxyl groups excluding tert-OH is 2. The van der Waals surface area contributed by atoms with Crippen molar-refractivity contribution in [2.45, 2.75) is 32.0 Å². The van der Waals surface area contributed by atoms with Crippen LogP contribution in [0.25, 0.3) is 0 Å². The molecule has 1 atom stereocenters. The first-order chi connectivity index (χ1) is 12.6. The molecule has 1 aliphatic heterocycles. The summed E-state index contributed by atoms with van der Waals surface area (Å²) in [5, 5.41) is 19.9. The topological polar surface area (TPSA) is 60.8 Å². The molecule has 0 saturated carbocycles. The van der Waals surface area contributed by atoms with Gasteiger partial charge in [-0.3, -0.25) is 4.79 Å². The zero-order valence-corrected chi connectivity index (χ0v) is 14.6. The summed E-state index contributed by atoms with van der Waals surface area (Å²) in [7, 11) is 0. The molecule has 1 aliphatic rings. The lowest BCUT2D eigenvalue weighted by Gasteiger charge is -2.34. The zero-order valence-electron chi connectivity index (χ0n) is 14.6. The third-order valence-electron chi connectivity index (χ3n) is 5.18. The molecule has 4 nitrogen and oxygen atoms in total. The number of carbonyl (C=O) groups is 1. The number of aliphatic hydroxyl groups is 2. The van der Waals surface area contributed by atoms with Gasteiger partial charge in [-0.25, -0.2) is 4.39 Å². The molecule has 0 unspecified atom stereocenters. The fraction of sp³-hybridized carbons (Fsp3) is 0.381. The van der Waals surface area contributed by atoms with Crippen LogP contribution in [0.4, 0.5) is 4.39 Å². The van der Waals surface area contributed by atoms with Gasteiger partial charge in [-0.15, -0.1) is 0 Å². The van der Waals surface area contributed by atoms with Gasteiger partial charge in [0.2, 0.25) is 5.91 Å². The van der Waals surface area contributed by atoms with Gasteiger partial charge < -0.3 is 15.1 Å². The Labute approximate surface area is 152 Å². The van der Waals surface area contributed by atoms with Crippen molar-refractivity contribution in [1.82, 2.24) is 4.90 Å². The molecular weight excluding hydrogens is 333 g/mol. The van der Waals surface area contributed by atoms with Crippen molar-refractivity contribution in [3.63, 3.8) is 0 Å². The second kappa shape index (κ2) is 8.43. The molecule has 1 fully saturated rings. The lowest BCUT2D eigenvalue weighted by molar-refractivity contribution is -0.132. The minimum atomic E-state index is -0.636. The highest BCUT2D eigenvalue weighted by molar-refractivity contribution is 5.79. The number of nitrogens with zero attached hydrogens (tertiary/aromatic N) is 1. The maximum absolute atomic E-state index is 13.0. The average molecular weight is 357 g/mol. The van der Waals surface area contributed by atoms with Crippen LogP contribution in [0, 0.1) is 11.7 Å². The molecule has 0 spiro atoms. The molecule has 1 amide bonds. The van der Waals surface area contributed by atoms with E-state index in [2.05, 4.69) is 0 Å². The van der Waals surface area contributed by atoms with Gasteiger partial charge in [0, 0.05) is 13.1 Å². The van der Waals surface area contributed by atoms with Gasteiger partial charge in [0.15, 0.2) is 0 Å². The molecule has 1 saturated heterocycles. The summed E-state index contributed by atoms with van der Waals surface area (Å²) in [6.45, 7) is 1.13. The number of piperidine rings is 1. The SMILES string of the molecule is O=C(Cc1ccccc1CO)N1CCC([C@@H](O)c2ccc(F)cc2)CC1. The summed E-state index contributed by atoms with van der Waals surface area (Å²) in [5.74, 6) is -0.209. The van der Waals surface area contributed by atoms with Gasteiger partial charge in [0.1, 0.15) is 5.82 Å². The van der Waals surface area contributed by atoms with Crippen LogP contribution in [0.1, 0.15) is 35.6 Å². The molecule has 1 heterocycles. The van der Waals surface area contributed by atoms with Crippen molar-refractivity contribution in [3.8, 4) is 0 Å². The zero-order chi connectivity index (χ0) is 18.5. The average Bonchev–Trinajstić information content (AvgIpc) is 2.68. The number of hydrogen-bond acceptors (Lipinski definition) is 3. The van der Waals surface area contributed by atoms with Gasteiger partial charge in [0.25, 0.3) is 0 Å². The van der Waals surface area contributed by atoms with Gasteiger partial charge in [-0.1, -0.05) is 36.4 Å². The molecule has 3 rings (SSSR count). The number of amides is 1. The van der Waals surface area contributed by atoms with Crippen LogP contribution in [-0.2, 0) is 17.8 Å². The Balaban J connectivity index is 1.56. The van der Waals surface area contributed by atoms with E-state index < -0.39 is 6.10 Å². The predicted molar refractivity (Wildman–Crippen MR) is 96.7 cm³/mol. The fourth-order valence-corrected chi connectivity index (χ4v) is 3.56. The van der Waals surface area contributed by atoms with Crippen LogP contribution in [0.3, 0.4) is 0 Å². The van der Waals surface area contributed by atoms with Crippen molar-refractivity contribution in [2.24, 2.45) is 5.92 Å². The third kappa shape index (κ3) is 4.29. The van der Waals surface area contributed by atoms with Crippen molar-refractivity contribution in [1.29, 1.82) is 0 Å². The molecule has 2 N–H and O–H groups in total. The predicted octanol–water partition coefficient (Wildman–Crippen LogP) is 2.83. The number of carbonyl (C=O) groups excluding carboxylic acids is 1. The Morgan fingerprint density at radius 3 is 2.31 bits per heavy atom. The first-order valence-electron chi connectivity index (χ1n) is 8.97. The van der Waals surface area contributed by atoms with E-state index in [9.17, 15) is 19.4 Å². The molecule has 26 heavy (non-hydrogen) atoms. The molecule has 2 aromatic carbocycles. The lowest BCUT2D eigenvalue weighted by atomic mass is 9.87. The smallest absolute Gasteiger partial charge is 0.227 e. The van der Waals surface area contributed by atoms with E-state index in [-0.39, 0.29) is 30.7 Å². The summed E-state index contributed by atoms with van der Waals surface area (Å²) < 4.78 is 13.0. The van der Waals surface area contributed by atoms with Crippen molar-refractivity contribution >= 4 is 5.91 Å². The summed E-state index contributed by atoms with van der Waals surface area (Å²) in [6.07, 6.45) is 1.07. The quantitative estimate of drug-likeness (QED) is 0.865. The van der Waals surface area contributed by atoms with E-state index in [0.29, 0.717) is 31.5 Å². The maximum atomic E-state index is 13.0. The van der Waals surface area contributed by atoms with Crippen LogP contribution >= 0.6 is 0 Å². The standard InChI is InChI=1S/C21H24FNO3/c22-19-7-5-15(6-8-19)21(26)16-9-11-23(12-10-16)20(25)13-17-3-1-2-4-18(17)14-24/h1-8,16,21,24,26H,9-14H2/t21-/m0/s1. The Kier molecular flexibility index (Phi) is 6.01. The molecule has 138 valence electrons. The Morgan fingerprint density at radius 2 is 1.69 bits per heavy atom. The highest BCUT2D eigenvalue weighted by Crippen LogP contribution is 2.31. The van der Waals surface area contributed by atoms with Crippen LogP contribution < -0.4 is 0 Å². The van der Waals surface area contributed by atoms with E-state index in [1.165, 1.54) is 12.1 Å². The van der Waals surface area contributed by atoms with Crippen molar-refractivity contribution in [2.75, 3.05) is 13.1 Å². The Hall–Kier alpha value is -2.24. The normalized spacial score (nSPS) is 16.5. The summed E-state index contributed by atoms with van der Waals surface area (Å²) in [5.41, 5.74) is 2.35. The molecule has 0 aromatic heterocycles. The number of benzene rings is 2. The highest BCUT2D eigenvalue weighted by atomic mass is 19.1. The molecule has 0 bridgehead atoms. The number of halogens is 1. The maximum Gasteiger partial charge on any atom is 0.227 e. The second-order valence-electron chi connectivity index (χ2n) is 6.82. The van der Waals surface area contributed by atoms with E-state index in [4.69, 9.17) is 0 Å². The van der Waals surface area contributed by atoms with Crippen LogP contribution in [0.15, 0.2) is 48.5 Å². The summed E-state index contributed by atoms with van der Waals surface area (Å²) in [6, 6.07) is 13.4. The fourth-order valence-electron chi connectivity index (χ4n) is 3.56. The highest BCUT2D eigenvalue weighted by Gasteiger charge is 2.28. The van der Waals surface area contributed by atoms with Gasteiger partial charge in [0.05, 0.1) is 19.1 Å². The number of hydrogen-bond donors (Lipinski definition) is 2. The minimum Gasteiger partial charge on any atom is -0.392 e. The van der Waals surface area contributed by atoms with Crippen molar-refractivity contribution < 1.29 is 19.4 Å². The van der Waals surface area contributed by atoms with Gasteiger partial charge >= 0.3 is 0 Å². The minimum absolute atomic E-state index is 0.0422. The molecule has 5 heteroatoms. The molecule has 0 radical (unpaired) electrons.